The maximum atomic E-state index is 6.21. The maximum Gasteiger partial charge on any atom is 0.160 e. The highest BCUT2D eigenvalue weighted by molar-refractivity contribution is 6.06. The van der Waals surface area contributed by atoms with E-state index in [1.807, 2.05) is 24.3 Å². The topological polar surface area (TPSA) is 38.9 Å². The first kappa shape index (κ1) is 32.3. The first-order chi connectivity index (χ1) is 27.2. The molecule has 0 saturated carbocycles. The van der Waals surface area contributed by atoms with E-state index >= 15 is 0 Å². The van der Waals surface area contributed by atoms with E-state index in [9.17, 15) is 0 Å². The van der Waals surface area contributed by atoms with Crippen LogP contribution in [-0.2, 0) is 0 Å². The van der Waals surface area contributed by atoms with E-state index in [1.54, 1.807) is 0 Å². The first-order valence-electron chi connectivity index (χ1n) is 18.6. The van der Waals surface area contributed by atoms with Crippen molar-refractivity contribution in [2.45, 2.75) is 0 Å². The van der Waals surface area contributed by atoms with Crippen LogP contribution in [0.4, 0.5) is 0 Å². The van der Waals surface area contributed by atoms with Crippen LogP contribution in [0.15, 0.2) is 211 Å². The Morgan fingerprint density at radius 1 is 0.255 bits per heavy atom. The monoisotopic (exact) mass is 702 g/mol. The van der Waals surface area contributed by atoms with Crippen molar-refractivity contribution in [3.8, 4) is 78.4 Å². The van der Waals surface area contributed by atoms with Crippen LogP contribution in [0.5, 0.6) is 0 Å². The van der Waals surface area contributed by atoms with Crippen LogP contribution in [0.1, 0.15) is 0 Å². The zero-order chi connectivity index (χ0) is 36.6. The Morgan fingerprint density at radius 2 is 0.691 bits per heavy atom. The third-order valence-corrected chi connectivity index (χ3v) is 10.3. The Balaban J connectivity index is 1.16. The van der Waals surface area contributed by atoms with E-state index in [0.717, 1.165) is 77.8 Å². The second-order valence-corrected chi connectivity index (χ2v) is 13.8. The molecule has 0 radical (unpaired) electrons. The molecule has 0 aliphatic rings. The van der Waals surface area contributed by atoms with Crippen LogP contribution >= 0.6 is 0 Å². The normalized spacial score (nSPS) is 11.3. The summed E-state index contributed by atoms with van der Waals surface area (Å²) in [5.74, 6) is 0.681. The molecule has 0 aliphatic carbocycles. The number of rotatable bonds is 7. The standard InChI is InChI=1S/C52H34N2O/c1-4-13-35(14-5-1)37-23-25-39(26-24-37)52-53-48(38-17-8-3-9-18-38)34-49(54-52)45-31-43(41-20-12-19-40(29-41)36-15-6-2-7-16-36)30-44(32-45)42-27-28-51-47(33-42)46-21-10-11-22-50(46)55-51/h1-34H. The molecule has 0 N–H and O–H groups in total. The minimum atomic E-state index is 0.681. The Hall–Kier alpha value is -7.36. The molecule has 2 heterocycles. The fourth-order valence-corrected chi connectivity index (χ4v) is 7.45. The summed E-state index contributed by atoms with van der Waals surface area (Å²) in [5.41, 5.74) is 15.6. The van der Waals surface area contributed by atoms with Gasteiger partial charge in [-0.1, -0.05) is 158 Å². The zero-order valence-corrected chi connectivity index (χ0v) is 29.9. The van der Waals surface area contributed by atoms with Crippen molar-refractivity contribution in [2.24, 2.45) is 0 Å². The average Bonchev–Trinajstić information content (AvgIpc) is 3.65. The molecule has 55 heavy (non-hydrogen) atoms. The smallest absolute Gasteiger partial charge is 0.160 e. The van der Waals surface area contributed by atoms with Gasteiger partial charge in [0.1, 0.15) is 11.2 Å². The molecule has 0 fully saturated rings. The number of benzene rings is 8. The first-order valence-corrected chi connectivity index (χ1v) is 18.6. The van der Waals surface area contributed by atoms with Gasteiger partial charge >= 0.3 is 0 Å². The van der Waals surface area contributed by atoms with Crippen molar-refractivity contribution < 1.29 is 4.42 Å². The Labute approximate surface area is 319 Å². The van der Waals surface area contributed by atoms with Crippen molar-refractivity contribution in [2.75, 3.05) is 0 Å². The summed E-state index contributed by atoms with van der Waals surface area (Å²) in [6.45, 7) is 0. The molecule has 0 atom stereocenters. The van der Waals surface area contributed by atoms with Gasteiger partial charge in [0.15, 0.2) is 5.82 Å². The summed E-state index contributed by atoms with van der Waals surface area (Å²) < 4.78 is 6.21. The molecule has 0 spiro atoms. The molecule has 3 heteroatoms. The summed E-state index contributed by atoms with van der Waals surface area (Å²) in [6.07, 6.45) is 0. The fraction of sp³-hybridized carbons (Fsp3) is 0. The predicted molar refractivity (Wildman–Crippen MR) is 227 cm³/mol. The number of hydrogen-bond acceptors (Lipinski definition) is 3. The predicted octanol–water partition coefficient (Wildman–Crippen LogP) is 14.0. The number of fused-ring (bicyclic) bond motifs is 3. The van der Waals surface area contributed by atoms with E-state index < -0.39 is 0 Å². The molecule has 10 aromatic rings. The lowest BCUT2D eigenvalue weighted by Crippen LogP contribution is -1.96. The van der Waals surface area contributed by atoms with Gasteiger partial charge in [-0.05, 0) is 93.0 Å². The van der Waals surface area contributed by atoms with Gasteiger partial charge in [-0.25, -0.2) is 9.97 Å². The molecule has 0 aliphatic heterocycles. The number of para-hydroxylation sites is 1. The quantitative estimate of drug-likeness (QED) is 0.166. The molecule has 0 bridgehead atoms. The van der Waals surface area contributed by atoms with Crippen molar-refractivity contribution in [3.63, 3.8) is 0 Å². The highest BCUT2D eigenvalue weighted by Gasteiger charge is 2.15. The lowest BCUT2D eigenvalue weighted by Gasteiger charge is -2.14. The van der Waals surface area contributed by atoms with Crippen LogP contribution in [-0.4, -0.2) is 9.97 Å². The summed E-state index contributed by atoms with van der Waals surface area (Å²) in [5, 5.41) is 2.21. The lowest BCUT2D eigenvalue weighted by atomic mass is 9.92. The molecular weight excluding hydrogens is 669 g/mol. The Bertz CT molecular complexity index is 2950. The molecule has 0 amide bonds. The van der Waals surface area contributed by atoms with Crippen LogP contribution in [0.25, 0.3) is 100 Å². The van der Waals surface area contributed by atoms with E-state index in [-0.39, 0.29) is 0 Å². The Kier molecular flexibility index (Phi) is 8.16. The second-order valence-electron chi connectivity index (χ2n) is 13.8. The highest BCUT2D eigenvalue weighted by atomic mass is 16.3. The minimum absolute atomic E-state index is 0.681. The number of nitrogens with zero attached hydrogens (tertiary/aromatic N) is 2. The fourth-order valence-electron chi connectivity index (χ4n) is 7.45. The van der Waals surface area contributed by atoms with Crippen molar-refractivity contribution in [1.82, 2.24) is 9.97 Å². The summed E-state index contributed by atoms with van der Waals surface area (Å²) in [6, 6.07) is 72.3. The van der Waals surface area contributed by atoms with Gasteiger partial charge in [0.25, 0.3) is 0 Å². The molecule has 258 valence electrons. The third-order valence-electron chi connectivity index (χ3n) is 10.3. The SMILES string of the molecule is c1ccc(-c2ccc(-c3nc(-c4ccccc4)cc(-c4cc(-c5cccc(-c6ccccc6)c5)cc(-c5ccc6oc7ccccc7c6c5)c4)n3)cc2)cc1. The van der Waals surface area contributed by atoms with Gasteiger partial charge in [-0.15, -0.1) is 0 Å². The minimum Gasteiger partial charge on any atom is -0.456 e. The van der Waals surface area contributed by atoms with Crippen molar-refractivity contribution in [3.05, 3.63) is 206 Å². The van der Waals surface area contributed by atoms with E-state index in [1.165, 1.54) is 16.7 Å². The lowest BCUT2D eigenvalue weighted by molar-refractivity contribution is 0.669. The van der Waals surface area contributed by atoms with Crippen LogP contribution in [0.3, 0.4) is 0 Å². The van der Waals surface area contributed by atoms with Crippen LogP contribution < -0.4 is 0 Å². The molecule has 2 aromatic heterocycles. The Morgan fingerprint density at radius 3 is 1.38 bits per heavy atom. The summed E-state index contributed by atoms with van der Waals surface area (Å²) >= 11 is 0. The molecule has 8 aromatic carbocycles. The van der Waals surface area contributed by atoms with Gasteiger partial charge < -0.3 is 4.42 Å². The highest BCUT2D eigenvalue weighted by Crippen LogP contribution is 2.38. The molecule has 10 rings (SSSR count). The number of aromatic nitrogens is 2. The number of hydrogen-bond donors (Lipinski definition) is 0. The van der Waals surface area contributed by atoms with E-state index in [4.69, 9.17) is 14.4 Å². The van der Waals surface area contributed by atoms with Crippen LogP contribution in [0, 0.1) is 0 Å². The van der Waals surface area contributed by atoms with Crippen molar-refractivity contribution >= 4 is 21.9 Å². The van der Waals surface area contributed by atoms with Crippen molar-refractivity contribution in [1.29, 1.82) is 0 Å². The zero-order valence-electron chi connectivity index (χ0n) is 29.9. The van der Waals surface area contributed by atoms with Gasteiger partial charge in [0, 0.05) is 27.5 Å². The number of furan rings is 1. The summed E-state index contributed by atoms with van der Waals surface area (Å²) in [4.78, 5) is 10.4. The van der Waals surface area contributed by atoms with Crippen LogP contribution in [0.2, 0.25) is 0 Å². The molecule has 0 saturated heterocycles. The third kappa shape index (κ3) is 6.39. The van der Waals surface area contributed by atoms with Gasteiger partial charge in [-0.3, -0.25) is 0 Å². The van der Waals surface area contributed by atoms with Gasteiger partial charge in [-0.2, -0.15) is 0 Å². The largest absolute Gasteiger partial charge is 0.456 e. The van der Waals surface area contributed by atoms with E-state index in [2.05, 4.69) is 182 Å². The van der Waals surface area contributed by atoms with Gasteiger partial charge in [0.05, 0.1) is 11.4 Å². The maximum absolute atomic E-state index is 6.21. The van der Waals surface area contributed by atoms with Gasteiger partial charge in [0.2, 0.25) is 0 Å². The average molecular weight is 703 g/mol. The molecule has 3 nitrogen and oxygen atoms in total. The molecular formula is C52H34N2O. The molecule has 0 unspecified atom stereocenters. The second kappa shape index (κ2) is 13.9. The summed E-state index contributed by atoms with van der Waals surface area (Å²) in [7, 11) is 0. The van der Waals surface area contributed by atoms with E-state index in [0.29, 0.717) is 5.82 Å².